The highest BCUT2D eigenvalue weighted by atomic mass is 19.3. The lowest BCUT2D eigenvalue weighted by atomic mass is 10.1. The molecule has 1 amide bonds. The van der Waals surface area contributed by atoms with Crippen LogP contribution in [0.5, 0.6) is 0 Å². The van der Waals surface area contributed by atoms with Crippen LogP contribution in [0.25, 0.3) is 0 Å². The molecule has 0 saturated heterocycles. The van der Waals surface area contributed by atoms with Crippen molar-refractivity contribution in [3.05, 3.63) is 47.3 Å². The number of hydrogen-bond acceptors (Lipinski definition) is 3. The topological polar surface area (TPSA) is 55.2 Å². The van der Waals surface area contributed by atoms with Crippen molar-refractivity contribution in [1.82, 2.24) is 9.78 Å². The van der Waals surface area contributed by atoms with E-state index >= 15 is 0 Å². The normalized spacial score (nSPS) is 24.1. The molecule has 0 radical (unpaired) electrons. The molecular formula is C18H17F2N3O2. The number of alkyl halides is 2. The van der Waals surface area contributed by atoms with E-state index in [9.17, 15) is 18.4 Å². The van der Waals surface area contributed by atoms with Crippen molar-refractivity contribution in [2.75, 3.05) is 4.90 Å². The Balaban J connectivity index is 1.58. The summed E-state index contributed by atoms with van der Waals surface area (Å²) in [5.41, 5.74) is 2.08. The van der Waals surface area contributed by atoms with Crippen LogP contribution in [0.1, 0.15) is 39.8 Å². The van der Waals surface area contributed by atoms with Gasteiger partial charge in [-0.3, -0.25) is 14.3 Å². The van der Waals surface area contributed by atoms with Crippen LogP contribution in [0.3, 0.4) is 0 Å². The fourth-order valence-corrected chi connectivity index (χ4v) is 3.44. The van der Waals surface area contributed by atoms with Crippen LogP contribution in [0, 0.1) is 5.92 Å². The molecule has 1 fully saturated rings. The molecule has 1 unspecified atom stereocenters. The second-order valence-electron chi connectivity index (χ2n) is 6.81. The second-order valence-corrected chi connectivity index (χ2v) is 6.81. The summed E-state index contributed by atoms with van der Waals surface area (Å²) in [4.78, 5) is 25.6. The zero-order valence-corrected chi connectivity index (χ0v) is 13.7. The van der Waals surface area contributed by atoms with Crippen molar-refractivity contribution in [1.29, 1.82) is 0 Å². The smallest absolute Gasteiger partial charge is 0.277 e. The van der Waals surface area contributed by atoms with E-state index in [4.69, 9.17) is 0 Å². The van der Waals surface area contributed by atoms with Gasteiger partial charge in [-0.15, -0.1) is 0 Å². The summed E-state index contributed by atoms with van der Waals surface area (Å²) in [5, 5.41) is 4.09. The maximum absolute atomic E-state index is 13.0. The molecule has 130 valence electrons. The highest BCUT2D eigenvalue weighted by Crippen LogP contribution is 2.50. The molecule has 4 rings (SSSR count). The van der Waals surface area contributed by atoms with E-state index in [1.807, 2.05) is 6.92 Å². The number of rotatable bonds is 4. The van der Waals surface area contributed by atoms with Crippen molar-refractivity contribution in [3.8, 4) is 0 Å². The standard InChI is InChI=1S/C18H17F2N3O2/c1-11-9-22-16(13(10-24)8-21-22)17(25)23(11)15-4-2-12(3-5-15)6-14-7-18(14,19)20/h2-5,8,10-11,14H,6-7,9H2,1H3/t11-,14?/m0/s1. The Morgan fingerprint density at radius 2 is 2.00 bits per heavy atom. The van der Waals surface area contributed by atoms with Crippen LogP contribution in [0.2, 0.25) is 0 Å². The predicted molar refractivity (Wildman–Crippen MR) is 87.1 cm³/mol. The molecule has 2 aromatic rings. The summed E-state index contributed by atoms with van der Waals surface area (Å²) in [5.74, 6) is -3.38. The number of hydrogen-bond donors (Lipinski definition) is 0. The fourth-order valence-electron chi connectivity index (χ4n) is 3.44. The third-order valence-electron chi connectivity index (χ3n) is 4.95. The Labute approximate surface area is 143 Å². The van der Waals surface area contributed by atoms with Gasteiger partial charge in [0.05, 0.1) is 24.3 Å². The van der Waals surface area contributed by atoms with Crippen LogP contribution < -0.4 is 4.90 Å². The van der Waals surface area contributed by atoms with Gasteiger partial charge < -0.3 is 4.90 Å². The van der Waals surface area contributed by atoms with E-state index in [0.717, 1.165) is 5.56 Å². The second kappa shape index (κ2) is 5.47. The molecule has 1 aliphatic heterocycles. The number of aldehydes is 1. The molecule has 2 heterocycles. The first kappa shape index (κ1) is 15.9. The molecular weight excluding hydrogens is 328 g/mol. The number of aromatic nitrogens is 2. The van der Waals surface area contributed by atoms with Gasteiger partial charge in [0, 0.05) is 18.0 Å². The van der Waals surface area contributed by atoms with Gasteiger partial charge in [0.1, 0.15) is 5.69 Å². The maximum atomic E-state index is 13.0. The van der Waals surface area contributed by atoms with Crippen molar-refractivity contribution >= 4 is 17.9 Å². The van der Waals surface area contributed by atoms with Gasteiger partial charge in [-0.25, -0.2) is 8.78 Å². The summed E-state index contributed by atoms with van der Waals surface area (Å²) >= 11 is 0. The zero-order chi connectivity index (χ0) is 17.8. The summed E-state index contributed by atoms with van der Waals surface area (Å²) in [6.07, 6.45) is 2.33. The Morgan fingerprint density at radius 3 is 2.60 bits per heavy atom. The third kappa shape index (κ3) is 2.63. The first-order valence-electron chi connectivity index (χ1n) is 8.22. The van der Waals surface area contributed by atoms with Crippen LogP contribution in [0.4, 0.5) is 14.5 Å². The molecule has 25 heavy (non-hydrogen) atoms. The summed E-state index contributed by atoms with van der Waals surface area (Å²) in [6, 6.07) is 7.00. The van der Waals surface area contributed by atoms with Crippen LogP contribution in [-0.4, -0.2) is 33.9 Å². The minimum atomic E-state index is -2.53. The fraction of sp³-hybridized carbons (Fsp3) is 0.389. The van der Waals surface area contributed by atoms with Crippen LogP contribution in [0.15, 0.2) is 30.5 Å². The van der Waals surface area contributed by atoms with Gasteiger partial charge in [0.2, 0.25) is 0 Å². The first-order valence-corrected chi connectivity index (χ1v) is 8.22. The number of carbonyl (C=O) groups is 2. The zero-order valence-electron chi connectivity index (χ0n) is 13.7. The number of amides is 1. The van der Waals surface area contributed by atoms with Crippen LogP contribution >= 0.6 is 0 Å². The van der Waals surface area contributed by atoms with Gasteiger partial charge in [-0.1, -0.05) is 12.1 Å². The summed E-state index contributed by atoms with van der Waals surface area (Å²) in [7, 11) is 0. The van der Waals surface area contributed by atoms with Gasteiger partial charge in [-0.2, -0.15) is 5.10 Å². The molecule has 1 aromatic heterocycles. The molecule has 0 spiro atoms. The monoisotopic (exact) mass is 345 g/mol. The van der Waals surface area contributed by atoms with Crippen molar-refractivity contribution in [3.63, 3.8) is 0 Å². The van der Waals surface area contributed by atoms with E-state index in [-0.39, 0.29) is 29.6 Å². The highest BCUT2D eigenvalue weighted by molar-refractivity contribution is 6.10. The van der Waals surface area contributed by atoms with E-state index in [0.29, 0.717) is 24.9 Å². The molecule has 0 bridgehead atoms. The molecule has 0 N–H and O–H groups in total. The molecule has 5 nitrogen and oxygen atoms in total. The van der Waals surface area contributed by atoms with Gasteiger partial charge in [0.15, 0.2) is 6.29 Å². The lowest BCUT2D eigenvalue weighted by Gasteiger charge is -2.34. The molecule has 2 aliphatic rings. The van der Waals surface area contributed by atoms with Gasteiger partial charge in [0.25, 0.3) is 11.8 Å². The molecule has 1 aliphatic carbocycles. The lowest BCUT2D eigenvalue weighted by Crippen LogP contribution is -2.47. The highest BCUT2D eigenvalue weighted by Gasteiger charge is 2.56. The first-order chi connectivity index (χ1) is 11.9. The lowest BCUT2D eigenvalue weighted by molar-refractivity contribution is 0.0940. The predicted octanol–water partition coefficient (Wildman–Crippen LogP) is 2.94. The maximum Gasteiger partial charge on any atom is 0.277 e. The average molecular weight is 345 g/mol. The number of halogens is 2. The van der Waals surface area contributed by atoms with Gasteiger partial charge >= 0.3 is 0 Å². The minimum absolute atomic E-state index is 0.0468. The molecule has 2 atom stereocenters. The van der Waals surface area contributed by atoms with Crippen molar-refractivity contribution in [2.45, 2.75) is 38.3 Å². The Hall–Kier alpha value is -2.57. The molecule has 7 heteroatoms. The van der Waals surface area contributed by atoms with E-state index in [2.05, 4.69) is 5.10 Å². The molecule has 1 aromatic carbocycles. The Bertz CT molecular complexity index is 845. The summed E-state index contributed by atoms with van der Waals surface area (Å²) < 4.78 is 27.6. The van der Waals surface area contributed by atoms with E-state index < -0.39 is 11.8 Å². The number of benzene rings is 1. The minimum Gasteiger partial charge on any atom is -0.302 e. The van der Waals surface area contributed by atoms with Crippen molar-refractivity contribution < 1.29 is 18.4 Å². The van der Waals surface area contributed by atoms with Gasteiger partial charge in [-0.05, 0) is 31.0 Å². The van der Waals surface area contributed by atoms with E-state index in [1.165, 1.54) is 6.20 Å². The SMILES string of the molecule is C[C@H]1Cn2ncc(C=O)c2C(=O)N1c1ccc(CC2CC2(F)F)cc1. The van der Waals surface area contributed by atoms with Crippen LogP contribution in [-0.2, 0) is 13.0 Å². The number of anilines is 1. The number of carbonyl (C=O) groups excluding carboxylic acids is 2. The Morgan fingerprint density at radius 1 is 1.32 bits per heavy atom. The van der Waals surface area contributed by atoms with E-state index in [1.54, 1.807) is 33.8 Å². The summed E-state index contributed by atoms with van der Waals surface area (Å²) in [6.45, 7) is 2.40. The third-order valence-corrected chi connectivity index (χ3v) is 4.95. The number of fused-ring (bicyclic) bond motifs is 1. The largest absolute Gasteiger partial charge is 0.302 e. The number of nitrogens with zero attached hydrogens (tertiary/aromatic N) is 3. The molecule has 1 saturated carbocycles. The quantitative estimate of drug-likeness (QED) is 0.801. The van der Waals surface area contributed by atoms with Crippen molar-refractivity contribution in [2.24, 2.45) is 5.92 Å². The Kier molecular flexibility index (Phi) is 3.49. The average Bonchev–Trinajstić information content (AvgIpc) is 2.98.